The molecule has 0 fully saturated rings. The summed E-state index contributed by atoms with van der Waals surface area (Å²) in [7, 11) is 1.76. The quantitative estimate of drug-likeness (QED) is 0.488. The monoisotopic (exact) mass is 453 g/mol. The minimum Gasteiger partial charge on any atom is -0.497 e. The van der Waals surface area contributed by atoms with Crippen LogP contribution in [0.3, 0.4) is 0 Å². The topological polar surface area (TPSA) is 21.3 Å². The molecule has 154 valence electrons. The highest BCUT2D eigenvalue weighted by molar-refractivity contribution is 9.10. The molecule has 0 saturated carbocycles. The first-order valence-corrected chi connectivity index (χ1v) is 11.7. The van der Waals surface area contributed by atoms with Crippen LogP contribution in [0.25, 0.3) is 5.57 Å². The van der Waals surface area contributed by atoms with Crippen LogP contribution in [0.5, 0.6) is 5.75 Å². The second-order valence-corrected chi connectivity index (χ2v) is 9.71. The number of hydrogen-bond acceptors (Lipinski definition) is 2. The molecular weight excluding hydrogens is 422 g/mol. The predicted octanol–water partition coefficient (Wildman–Crippen LogP) is 7.49. The molecule has 0 spiro atoms. The molecule has 0 amide bonds. The van der Waals surface area contributed by atoms with Gasteiger partial charge in [0.2, 0.25) is 0 Å². The number of benzene rings is 2. The number of halogens is 1. The molecule has 0 heterocycles. The molecule has 0 saturated heterocycles. The fourth-order valence-corrected chi connectivity index (χ4v) is 5.83. The summed E-state index contributed by atoms with van der Waals surface area (Å²) >= 11 is 3.69. The second-order valence-electron chi connectivity index (χ2n) is 8.86. The maximum absolute atomic E-state index is 5.46. The number of allylic oxidation sites excluding steroid dienone is 2. The third kappa shape index (κ3) is 3.99. The van der Waals surface area contributed by atoms with Gasteiger partial charge in [0.05, 0.1) is 7.11 Å². The lowest BCUT2D eigenvalue weighted by molar-refractivity contribution is 0.191. The maximum Gasteiger partial charge on any atom is 0.119 e. The molecule has 0 aliphatic heterocycles. The average molecular weight is 454 g/mol. The molecule has 1 N–H and O–H groups in total. The summed E-state index contributed by atoms with van der Waals surface area (Å²) in [5.41, 5.74) is 7.79. The van der Waals surface area contributed by atoms with Crippen LogP contribution in [-0.2, 0) is 6.42 Å². The van der Waals surface area contributed by atoms with E-state index >= 15 is 0 Å². The molecule has 2 nitrogen and oxygen atoms in total. The number of rotatable bonds is 6. The van der Waals surface area contributed by atoms with Crippen LogP contribution in [0.2, 0.25) is 0 Å². The first-order chi connectivity index (χ1) is 14.1. The van der Waals surface area contributed by atoms with E-state index in [1.54, 1.807) is 18.3 Å². The lowest BCUT2D eigenvalue weighted by atomic mass is 9.60. The van der Waals surface area contributed by atoms with E-state index in [0.717, 1.165) is 23.2 Å². The largest absolute Gasteiger partial charge is 0.497 e. The molecule has 0 aromatic heterocycles. The molecule has 2 atom stereocenters. The van der Waals surface area contributed by atoms with Crippen molar-refractivity contribution in [3.8, 4) is 5.75 Å². The number of para-hydroxylation sites is 1. The van der Waals surface area contributed by atoms with Crippen molar-refractivity contribution in [2.45, 2.75) is 52.4 Å². The highest BCUT2D eigenvalue weighted by atomic mass is 79.9. The molecule has 2 aliphatic carbocycles. The highest BCUT2D eigenvalue weighted by Crippen LogP contribution is 2.52. The van der Waals surface area contributed by atoms with E-state index < -0.39 is 0 Å². The highest BCUT2D eigenvalue weighted by Gasteiger charge is 2.41. The first kappa shape index (κ1) is 20.5. The Balaban J connectivity index is 1.63. The smallest absolute Gasteiger partial charge is 0.119 e. The van der Waals surface area contributed by atoms with E-state index in [2.05, 4.69) is 77.6 Å². The first-order valence-electron chi connectivity index (χ1n) is 10.9. The molecule has 0 bridgehead atoms. The van der Waals surface area contributed by atoms with Crippen LogP contribution in [0.1, 0.15) is 57.1 Å². The Morgan fingerprint density at radius 3 is 2.72 bits per heavy atom. The van der Waals surface area contributed by atoms with Crippen molar-refractivity contribution in [2.75, 3.05) is 19.0 Å². The fraction of sp³-hybridized carbons (Fsp3) is 0.462. The van der Waals surface area contributed by atoms with E-state index in [1.807, 2.05) is 0 Å². The Morgan fingerprint density at radius 2 is 1.97 bits per heavy atom. The summed E-state index contributed by atoms with van der Waals surface area (Å²) in [6.45, 7) is 5.86. The van der Waals surface area contributed by atoms with Crippen molar-refractivity contribution in [3.05, 3.63) is 63.6 Å². The van der Waals surface area contributed by atoms with Crippen molar-refractivity contribution in [1.29, 1.82) is 0 Å². The van der Waals surface area contributed by atoms with Crippen LogP contribution >= 0.6 is 15.9 Å². The van der Waals surface area contributed by atoms with Crippen LogP contribution in [-0.4, -0.2) is 13.7 Å². The van der Waals surface area contributed by atoms with Crippen molar-refractivity contribution < 1.29 is 4.74 Å². The van der Waals surface area contributed by atoms with E-state index in [0.29, 0.717) is 5.92 Å². The van der Waals surface area contributed by atoms with Crippen LogP contribution in [0, 0.1) is 11.3 Å². The normalized spacial score (nSPS) is 23.4. The van der Waals surface area contributed by atoms with Crippen LogP contribution < -0.4 is 10.1 Å². The summed E-state index contributed by atoms with van der Waals surface area (Å²) in [4.78, 5) is 0. The van der Waals surface area contributed by atoms with Gasteiger partial charge in [-0.15, -0.1) is 0 Å². The van der Waals surface area contributed by atoms with Gasteiger partial charge in [-0.25, -0.2) is 0 Å². The molecule has 29 heavy (non-hydrogen) atoms. The lowest BCUT2D eigenvalue weighted by Gasteiger charge is -2.46. The minimum atomic E-state index is 0.286. The van der Waals surface area contributed by atoms with Gasteiger partial charge in [-0.1, -0.05) is 44.0 Å². The molecule has 0 unspecified atom stereocenters. The van der Waals surface area contributed by atoms with Gasteiger partial charge >= 0.3 is 0 Å². The van der Waals surface area contributed by atoms with Crippen molar-refractivity contribution >= 4 is 27.2 Å². The van der Waals surface area contributed by atoms with E-state index in [4.69, 9.17) is 4.74 Å². The van der Waals surface area contributed by atoms with Gasteiger partial charge < -0.3 is 10.1 Å². The van der Waals surface area contributed by atoms with Gasteiger partial charge in [-0.2, -0.15) is 0 Å². The van der Waals surface area contributed by atoms with Crippen LogP contribution in [0.15, 0.2) is 52.5 Å². The van der Waals surface area contributed by atoms with Gasteiger partial charge in [-0.05, 0) is 100 Å². The Morgan fingerprint density at radius 1 is 1.14 bits per heavy atom. The summed E-state index contributed by atoms with van der Waals surface area (Å²) in [6.07, 6.45) is 7.27. The van der Waals surface area contributed by atoms with Gasteiger partial charge in [0.1, 0.15) is 5.75 Å². The molecule has 2 aromatic carbocycles. The van der Waals surface area contributed by atoms with Crippen molar-refractivity contribution in [1.82, 2.24) is 0 Å². The van der Waals surface area contributed by atoms with Crippen molar-refractivity contribution in [2.24, 2.45) is 11.3 Å². The summed E-state index contributed by atoms with van der Waals surface area (Å²) in [5, 5.41) is 3.76. The Bertz CT molecular complexity index is 919. The fourth-order valence-electron chi connectivity index (χ4n) is 5.40. The SMILES string of the molecule is CCC[C@H]1C2=C(CC[C@]1(C)CNc1ccccc1Br)c1ccc(OC)cc1CC2. The second kappa shape index (κ2) is 8.55. The molecule has 4 rings (SSSR count). The van der Waals surface area contributed by atoms with Gasteiger partial charge in [0.15, 0.2) is 0 Å². The number of hydrogen-bond donors (Lipinski definition) is 1. The maximum atomic E-state index is 5.46. The third-order valence-electron chi connectivity index (χ3n) is 7.03. The number of anilines is 1. The molecule has 2 aliphatic rings. The van der Waals surface area contributed by atoms with E-state index in [1.165, 1.54) is 48.9 Å². The third-order valence-corrected chi connectivity index (χ3v) is 7.72. The molecule has 3 heteroatoms. The zero-order valence-electron chi connectivity index (χ0n) is 17.9. The standard InChI is InChI=1S/C26H32BrNO/c1-4-7-23-22-12-10-18-16-19(29-3)11-13-20(18)21(22)14-15-26(23,2)17-28-25-9-6-5-8-24(25)27/h5-6,8-9,11,13,16,23,28H,4,7,10,12,14-15,17H2,1-3H3/t23-,26+/m0/s1. The molecule has 2 aromatic rings. The van der Waals surface area contributed by atoms with Gasteiger partial charge in [0, 0.05) is 16.7 Å². The van der Waals surface area contributed by atoms with Gasteiger partial charge in [0.25, 0.3) is 0 Å². The minimum absolute atomic E-state index is 0.286. The number of aryl methyl sites for hydroxylation is 1. The number of fused-ring (bicyclic) bond motifs is 2. The number of ether oxygens (including phenoxy) is 1. The zero-order valence-corrected chi connectivity index (χ0v) is 19.4. The summed E-state index contributed by atoms with van der Waals surface area (Å²) in [6, 6.07) is 15.1. The Labute approximate surface area is 183 Å². The van der Waals surface area contributed by atoms with Crippen LogP contribution in [0.4, 0.5) is 5.69 Å². The summed E-state index contributed by atoms with van der Waals surface area (Å²) < 4.78 is 6.61. The number of methoxy groups -OCH3 is 1. The molecular formula is C26H32BrNO. The van der Waals surface area contributed by atoms with Gasteiger partial charge in [-0.3, -0.25) is 0 Å². The Kier molecular flexibility index (Phi) is 6.06. The number of nitrogens with one attached hydrogen (secondary N) is 1. The summed E-state index contributed by atoms with van der Waals surface area (Å²) in [5.74, 6) is 1.64. The molecule has 0 radical (unpaired) electrons. The van der Waals surface area contributed by atoms with E-state index in [-0.39, 0.29) is 5.41 Å². The Hall–Kier alpha value is -1.74. The van der Waals surface area contributed by atoms with Crippen molar-refractivity contribution in [3.63, 3.8) is 0 Å². The van der Waals surface area contributed by atoms with E-state index in [9.17, 15) is 0 Å². The average Bonchev–Trinajstić information content (AvgIpc) is 2.74. The zero-order chi connectivity index (χ0) is 20.4. The lowest BCUT2D eigenvalue weighted by Crippen LogP contribution is -2.39. The predicted molar refractivity (Wildman–Crippen MR) is 127 cm³/mol.